The molecule has 3 aromatic heterocycles. The van der Waals surface area contributed by atoms with Gasteiger partial charge in [-0.05, 0) is 48.1 Å². The van der Waals surface area contributed by atoms with E-state index in [1.807, 2.05) is 54.8 Å². The molecule has 37 heavy (non-hydrogen) atoms. The number of piperazine rings is 1. The van der Waals surface area contributed by atoms with Crippen molar-refractivity contribution in [1.82, 2.24) is 19.4 Å². The number of benzene rings is 1. The maximum atomic E-state index is 13.8. The fourth-order valence-corrected chi connectivity index (χ4v) is 5.95. The lowest BCUT2D eigenvalue weighted by Crippen LogP contribution is -2.54. The van der Waals surface area contributed by atoms with Crippen LogP contribution in [-0.2, 0) is 4.79 Å². The molecule has 1 saturated heterocycles. The largest absolute Gasteiger partial charge is 0.355 e. The van der Waals surface area contributed by atoms with E-state index in [-0.39, 0.29) is 17.9 Å². The van der Waals surface area contributed by atoms with Gasteiger partial charge in [0.25, 0.3) is 0 Å². The van der Waals surface area contributed by atoms with Crippen molar-refractivity contribution in [3.05, 3.63) is 81.6 Å². The van der Waals surface area contributed by atoms with Crippen LogP contribution in [0, 0.1) is 0 Å². The summed E-state index contributed by atoms with van der Waals surface area (Å²) in [5.74, 6) is 0.622. The second kappa shape index (κ2) is 10.1. The maximum absolute atomic E-state index is 13.8. The van der Waals surface area contributed by atoms with Gasteiger partial charge >= 0.3 is 5.69 Å². The molecule has 1 fully saturated rings. The van der Waals surface area contributed by atoms with E-state index in [2.05, 4.69) is 30.3 Å². The van der Waals surface area contributed by atoms with E-state index in [1.54, 1.807) is 20.8 Å². The van der Waals surface area contributed by atoms with Crippen LogP contribution in [0.4, 0.5) is 5.82 Å². The number of rotatable bonds is 5. The van der Waals surface area contributed by atoms with Crippen LogP contribution in [0.2, 0.25) is 5.02 Å². The molecule has 0 unspecified atom stereocenters. The van der Waals surface area contributed by atoms with Crippen molar-refractivity contribution in [2.24, 2.45) is 0 Å². The Bertz CT molecular complexity index is 1550. The van der Waals surface area contributed by atoms with Crippen LogP contribution in [0.3, 0.4) is 0 Å². The number of fused-ring (bicyclic) bond motifs is 1. The average Bonchev–Trinajstić information content (AvgIpc) is 3.42. The normalized spacial score (nSPS) is 16.0. The lowest BCUT2D eigenvalue weighted by atomic mass is 10.0. The van der Waals surface area contributed by atoms with Gasteiger partial charge in [-0.3, -0.25) is 4.79 Å². The Labute approximate surface area is 224 Å². The Morgan fingerprint density at radius 3 is 2.65 bits per heavy atom. The Morgan fingerprint density at radius 2 is 1.97 bits per heavy atom. The summed E-state index contributed by atoms with van der Waals surface area (Å²) in [6.45, 7) is 11.4. The zero-order chi connectivity index (χ0) is 26.3. The molecular formula is C28H28ClN5O2S. The first kappa shape index (κ1) is 25.2. The van der Waals surface area contributed by atoms with E-state index in [4.69, 9.17) is 16.6 Å². The van der Waals surface area contributed by atoms with Crippen LogP contribution in [0.15, 0.2) is 65.3 Å². The molecule has 0 bridgehead atoms. The van der Waals surface area contributed by atoms with Crippen molar-refractivity contribution in [2.75, 3.05) is 24.5 Å². The quantitative estimate of drug-likeness (QED) is 0.316. The van der Waals surface area contributed by atoms with Crippen LogP contribution in [0.25, 0.3) is 27.3 Å². The van der Waals surface area contributed by atoms with E-state index >= 15 is 0 Å². The zero-order valence-corrected chi connectivity index (χ0v) is 22.6. The number of pyridine rings is 1. The highest BCUT2D eigenvalue weighted by atomic mass is 35.5. The highest BCUT2D eigenvalue weighted by Gasteiger charge is 2.30. The van der Waals surface area contributed by atoms with E-state index in [0.29, 0.717) is 47.2 Å². The van der Waals surface area contributed by atoms with Gasteiger partial charge in [-0.2, -0.15) is 4.98 Å². The predicted molar refractivity (Wildman–Crippen MR) is 151 cm³/mol. The summed E-state index contributed by atoms with van der Waals surface area (Å²) < 4.78 is 1.60. The van der Waals surface area contributed by atoms with E-state index < -0.39 is 5.69 Å². The molecule has 190 valence electrons. The van der Waals surface area contributed by atoms with Crippen molar-refractivity contribution in [3.63, 3.8) is 0 Å². The summed E-state index contributed by atoms with van der Waals surface area (Å²) >= 11 is 8.34. The molecule has 1 aromatic carbocycles. The number of carbonyl (C=O) groups is 1. The van der Waals surface area contributed by atoms with Crippen LogP contribution in [0.1, 0.15) is 32.3 Å². The third kappa shape index (κ3) is 4.55. The third-order valence-electron chi connectivity index (χ3n) is 6.74. The molecule has 4 heterocycles. The van der Waals surface area contributed by atoms with Crippen LogP contribution < -0.4 is 10.6 Å². The number of aromatic nitrogens is 3. The molecule has 1 atom stereocenters. The molecule has 9 heteroatoms. The lowest BCUT2D eigenvalue weighted by molar-refractivity contribution is -0.126. The fourth-order valence-electron chi connectivity index (χ4n) is 4.91. The number of carbonyl (C=O) groups excluding carboxylic acids is 1. The van der Waals surface area contributed by atoms with Gasteiger partial charge in [0.1, 0.15) is 11.5 Å². The van der Waals surface area contributed by atoms with E-state index in [1.165, 1.54) is 6.08 Å². The first-order chi connectivity index (χ1) is 17.8. The molecule has 5 rings (SSSR count). The highest BCUT2D eigenvalue weighted by Crippen LogP contribution is 2.36. The minimum absolute atomic E-state index is 0.0673. The average molecular weight is 534 g/mol. The molecule has 0 spiro atoms. The van der Waals surface area contributed by atoms with Crippen molar-refractivity contribution in [1.29, 1.82) is 0 Å². The number of hydrogen-bond donors (Lipinski definition) is 0. The summed E-state index contributed by atoms with van der Waals surface area (Å²) in [6.07, 6.45) is 1.33. The molecule has 0 radical (unpaired) electrons. The second-order valence-corrected chi connectivity index (χ2v) is 10.8. The smallest absolute Gasteiger partial charge is 0.350 e. The maximum Gasteiger partial charge on any atom is 0.355 e. The first-order valence-electron chi connectivity index (χ1n) is 12.2. The van der Waals surface area contributed by atoms with Crippen LogP contribution in [0.5, 0.6) is 0 Å². The minimum Gasteiger partial charge on any atom is -0.350 e. The van der Waals surface area contributed by atoms with Crippen molar-refractivity contribution < 1.29 is 4.79 Å². The van der Waals surface area contributed by atoms with Gasteiger partial charge in [0, 0.05) is 25.7 Å². The summed E-state index contributed by atoms with van der Waals surface area (Å²) in [5.41, 5.74) is 2.52. The molecule has 0 saturated carbocycles. The van der Waals surface area contributed by atoms with Gasteiger partial charge in [0.2, 0.25) is 5.91 Å². The van der Waals surface area contributed by atoms with Gasteiger partial charge < -0.3 is 9.80 Å². The van der Waals surface area contributed by atoms with Gasteiger partial charge in [-0.1, -0.05) is 56.3 Å². The summed E-state index contributed by atoms with van der Waals surface area (Å²) in [6, 6.07) is 13.6. The zero-order valence-electron chi connectivity index (χ0n) is 21.0. The number of para-hydroxylation sites is 1. The van der Waals surface area contributed by atoms with Crippen LogP contribution in [-0.4, -0.2) is 51.0 Å². The number of nitrogens with zero attached hydrogens (tertiary/aromatic N) is 5. The summed E-state index contributed by atoms with van der Waals surface area (Å²) in [7, 11) is 0. The van der Waals surface area contributed by atoms with Gasteiger partial charge in [-0.25, -0.2) is 14.3 Å². The summed E-state index contributed by atoms with van der Waals surface area (Å²) in [4.78, 5) is 40.3. The Balaban J connectivity index is 1.76. The predicted octanol–water partition coefficient (Wildman–Crippen LogP) is 5.51. The third-order valence-corrected chi connectivity index (χ3v) is 7.91. The van der Waals surface area contributed by atoms with Gasteiger partial charge in [-0.15, -0.1) is 11.3 Å². The number of halogens is 1. The van der Waals surface area contributed by atoms with Gasteiger partial charge in [0.05, 0.1) is 21.0 Å². The fraction of sp³-hybridized carbons (Fsp3) is 0.286. The highest BCUT2D eigenvalue weighted by molar-refractivity contribution is 7.13. The SMILES string of the molecule is C=CC(=O)N1CCN(c2nc(=O)n(-c3ccccc3C(C)C)c3nc(-c4cccs4)c(Cl)cc23)[C@@H](C)C1. The lowest BCUT2D eigenvalue weighted by Gasteiger charge is -2.40. The number of thiophene rings is 1. The molecular weight excluding hydrogens is 506 g/mol. The van der Waals surface area contributed by atoms with Crippen LogP contribution >= 0.6 is 22.9 Å². The molecule has 4 aromatic rings. The Morgan fingerprint density at radius 1 is 1.19 bits per heavy atom. The monoisotopic (exact) mass is 533 g/mol. The number of amides is 1. The minimum atomic E-state index is -0.403. The molecule has 1 aliphatic heterocycles. The van der Waals surface area contributed by atoms with E-state index in [9.17, 15) is 9.59 Å². The number of hydrogen-bond acceptors (Lipinski definition) is 6. The Hall–Kier alpha value is -3.49. The molecule has 7 nitrogen and oxygen atoms in total. The molecule has 1 amide bonds. The van der Waals surface area contributed by atoms with Crippen molar-refractivity contribution >= 4 is 45.7 Å². The number of anilines is 1. The second-order valence-electron chi connectivity index (χ2n) is 9.46. The Kier molecular flexibility index (Phi) is 6.88. The molecule has 1 aliphatic rings. The molecule has 0 aliphatic carbocycles. The summed E-state index contributed by atoms with van der Waals surface area (Å²) in [5, 5.41) is 3.16. The van der Waals surface area contributed by atoms with Crippen molar-refractivity contribution in [2.45, 2.75) is 32.7 Å². The van der Waals surface area contributed by atoms with E-state index in [0.717, 1.165) is 16.1 Å². The van der Waals surface area contributed by atoms with Gasteiger partial charge in [0.15, 0.2) is 5.65 Å². The van der Waals surface area contributed by atoms with Crippen molar-refractivity contribution in [3.8, 4) is 16.3 Å². The first-order valence-corrected chi connectivity index (χ1v) is 13.5. The standard InChI is InChI=1S/C28H28ClN5O2S/c1-5-24(35)32-12-13-33(18(4)16-32)26-20-15-21(29)25(23-11-8-14-37-23)30-27(20)34(28(36)31-26)22-10-7-6-9-19(22)17(2)3/h5-11,14-15,17-18H,1,12-13,16H2,2-4H3/t18-/m0/s1. The molecule has 0 N–H and O–H groups in total. The topological polar surface area (TPSA) is 71.3 Å².